The zero-order valence-corrected chi connectivity index (χ0v) is 24.0. The van der Waals surface area contributed by atoms with Gasteiger partial charge >= 0.3 is 5.97 Å². The Hall–Kier alpha value is -5.35. The summed E-state index contributed by atoms with van der Waals surface area (Å²) in [6.07, 6.45) is 0.595. The minimum atomic E-state index is -0.392. The van der Waals surface area contributed by atoms with Gasteiger partial charge in [-0.2, -0.15) is 0 Å². The van der Waals surface area contributed by atoms with Gasteiger partial charge in [-0.3, -0.25) is 0 Å². The Labute approximate surface area is 251 Å². The van der Waals surface area contributed by atoms with Crippen molar-refractivity contribution in [2.24, 2.45) is 0 Å². The third kappa shape index (κ3) is 5.13. The normalized spacial score (nSPS) is 16.8. The van der Waals surface area contributed by atoms with Crippen LogP contribution in [0.4, 0.5) is 11.4 Å². The van der Waals surface area contributed by atoms with Gasteiger partial charge in [0, 0.05) is 23.5 Å². The van der Waals surface area contributed by atoms with Crippen LogP contribution in [0.5, 0.6) is 0 Å². The number of hydrogen-bond donors (Lipinski definition) is 1. The van der Waals surface area contributed by atoms with E-state index in [2.05, 4.69) is 119 Å². The molecule has 0 radical (unpaired) electrons. The second kappa shape index (κ2) is 11.5. The minimum absolute atomic E-state index is 0.0519. The molecule has 7 rings (SSSR count). The molecule has 1 N–H and O–H groups in total. The van der Waals surface area contributed by atoms with E-state index in [0.717, 1.165) is 33.4 Å². The topological polar surface area (TPSA) is 41.6 Å². The third-order valence-electron chi connectivity index (χ3n) is 8.39. The van der Waals surface area contributed by atoms with Crippen LogP contribution in [-0.4, -0.2) is 13.1 Å². The number of methoxy groups -OCH3 is 1. The zero-order valence-electron chi connectivity index (χ0n) is 24.0. The lowest BCUT2D eigenvalue weighted by atomic mass is 9.84. The number of carbonyl (C=O) groups excluding carboxylic acids is 1. The number of carbonyl (C=O) groups is 1. The van der Waals surface area contributed by atoms with Crippen LogP contribution >= 0.6 is 0 Å². The van der Waals surface area contributed by atoms with Crippen molar-refractivity contribution in [2.75, 3.05) is 17.3 Å². The minimum Gasteiger partial charge on any atom is -0.466 e. The van der Waals surface area contributed by atoms with Crippen molar-refractivity contribution in [3.63, 3.8) is 0 Å². The van der Waals surface area contributed by atoms with Gasteiger partial charge in [0.2, 0.25) is 0 Å². The molecule has 0 spiro atoms. The van der Waals surface area contributed by atoms with Crippen molar-refractivity contribution >= 4 is 38.9 Å². The number of ether oxygens (including phenoxy) is 1. The fourth-order valence-electron chi connectivity index (χ4n) is 6.37. The van der Waals surface area contributed by atoms with Gasteiger partial charge in [-0.1, -0.05) is 121 Å². The van der Waals surface area contributed by atoms with Gasteiger partial charge in [-0.25, -0.2) is 4.79 Å². The maximum atomic E-state index is 13.8. The molecule has 0 saturated heterocycles. The van der Waals surface area contributed by atoms with E-state index in [1.807, 2.05) is 36.4 Å². The van der Waals surface area contributed by atoms with Crippen LogP contribution in [0.3, 0.4) is 0 Å². The van der Waals surface area contributed by atoms with E-state index >= 15 is 0 Å². The van der Waals surface area contributed by atoms with E-state index in [-0.39, 0.29) is 12.0 Å². The number of nitrogens with zero attached hydrogens (tertiary/aromatic N) is 1. The van der Waals surface area contributed by atoms with Crippen molar-refractivity contribution in [3.05, 3.63) is 168 Å². The predicted octanol–water partition coefficient (Wildman–Crippen LogP) is 9.22. The first-order valence-corrected chi connectivity index (χ1v) is 14.6. The zero-order chi connectivity index (χ0) is 29.2. The first-order chi connectivity index (χ1) is 21.2. The van der Waals surface area contributed by atoms with Crippen molar-refractivity contribution in [1.29, 1.82) is 0 Å². The molecule has 4 nitrogen and oxygen atoms in total. The third-order valence-corrected chi connectivity index (χ3v) is 8.39. The summed E-state index contributed by atoms with van der Waals surface area (Å²) in [5, 5.41) is 8.34. The van der Waals surface area contributed by atoms with Crippen LogP contribution in [0.25, 0.3) is 21.5 Å². The molecule has 2 atom stereocenters. The summed E-state index contributed by atoms with van der Waals surface area (Å²) >= 11 is 0. The smallest absolute Gasteiger partial charge is 0.337 e. The molecule has 1 heterocycles. The lowest BCUT2D eigenvalue weighted by molar-refractivity contribution is -0.136. The van der Waals surface area contributed by atoms with Gasteiger partial charge in [0.05, 0.1) is 24.8 Å². The van der Waals surface area contributed by atoms with Crippen molar-refractivity contribution in [3.8, 4) is 0 Å². The Balaban J connectivity index is 1.46. The molecule has 2 unspecified atom stereocenters. The lowest BCUT2D eigenvalue weighted by Gasteiger charge is -2.46. The molecule has 0 bridgehead atoms. The molecule has 0 saturated carbocycles. The Morgan fingerprint density at radius 3 is 1.86 bits per heavy atom. The van der Waals surface area contributed by atoms with Crippen molar-refractivity contribution < 1.29 is 9.53 Å². The van der Waals surface area contributed by atoms with E-state index in [1.54, 1.807) is 0 Å². The summed E-state index contributed by atoms with van der Waals surface area (Å²) in [7, 11) is 1.47. The number of hydrogen-bond acceptors (Lipinski definition) is 4. The van der Waals surface area contributed by atoms with Crippen molar-refractivity contribution in [1.82, 2.24) is 0 Å². The van der Waals surface area contributed by atoms with Gasteiger partial charge in [0.15, 0.2) is 0 Å². The van der Waals surface area contributed by atoms with Gasteiger partial charge in [0.1, 0.15) is 0 Å². The quantitative estimate of drug-likeness (QED) is 0.206. The summed E-state index contributed by atoms with van der Waals surface area (Å²) in [5.74, 6) is -0.338. The summed E-state index contributed by atoms with van der Waals surface area (Å²) in [4.78, 5) is 16.2. The number of fused-ring (bicyclic) bond motifs is 2. The number of esters is 1. The van der Waals surface area contributed by atoms with Crippen LogP contribution in [-0.2, 0) is 9.53 Å². The van der Waals surface area contributed by atoms with Crippen LogP contribution < -0.4 is 10.2 Å². The lowest BCUT2D eigenvalue weighted by Crippen LogP contribution is -2.41. The van der Waals surface area contributed by atoms with Crippen LogP contribution in [0.1, 0.15) is 29.6 Å². The molecular formula is C39H32N2O2. The first kappa shape index (κ1) is 26.5. The van der Waals surface area contributed by atoms with E-state index < -0.39 is 6.04 Å². The summed E-state index contributed by atoms with van der Waals surface area (Å²) in [6.45, 7) is 0. The molecule has 43 heavy (non-hydrogen) atoms. The molecule has 6 aromatic carbocycles. The molecule has 210 valence electrons. The number of nitrogens with one attached hydrogen (secondary N) is 1. The fourth-order valence-corrected chi connectivity index (χ4v) is 6.37. The second-order valence-electron chi connectivity index (χ2n) is 11.0. The Kier molecular flexibility index (Phi) is 7.10. The average molecular weight is 561 g/mol. The highest BCUT2D eigenvalue weighted by molar-refractivity contribution is 5.94. The molecule has 4 heteroatoms. The van der Waals surface area contributed by atoms with E-state index in [9.17, 15) is 4.79 Å². The summed E-state index contributed by atoms with van der Waals surface area (Å²) in [5.41, 5.74) is 5.66. The number of benzene rings is 6. The molecule has 0 aliphatic carbocycles. The monoisotopic (exact) mass is 560 g/mol. The molecule has 6 aromatic rings. The molecular weight excluding hydrogens is 528 g/mol. The molecule has 1 aliphatic rings. The predicted molar refractivity (Wildman–Crippen MR) is 176 cm³/mol. The van der Waals surface area contributed by atoms with E-state index in [4.69, 9.17) is 4.74 Å². The average Bonchev–Trinajstić information content (AvgIpc) is 3.08. The Bertz CT molecular complexity index is 1950. The molecule has 0 amide bonds. The maximum absolute atomic E-state index is 13.8. The van der Waals surface area contributed by atoms with Gasteiger partial charge in [-0.15, -0.1) is 0 Å². The SMILES string of the molecule is COC(=O)C1=C(Nc2ccc3ccccc3c2)CC(c2ccccc2)N(c2ccc3ccccc3c2)C1c1ccccc1. The molecule has 1 aliphatic heterocycles. The maximum Gasteiger partial charge on any atom is 0.337 e. The summed E-state index contributed by atoms with van der Waals surface area (Å²) < 4.78 is 5.51. The van der Waals surface area contributed by atoms with Crippen molar-refractivity contribution in [2.45, 2.75) is 18.5 Å². The van der Waals surface area contributed by atoms with Crippen LogP contribution in [0.2, 0.25) is 0 Å². The summed E-state index contributed by atoms with van der Waals surface area (Å²) in [6, 6.07) is 50.0. The highest BCUT2D eigenvalue weighted by Crippen LogP contribution is 2.48. The Morgan fingerprint density at radius 2 is 1.21 bits per heavy atom. The molecule has 0 fully saturated rings. The van der Waals surface area contributed by atoms with Gasteiger partial charge < -0.3 is 15.0 Å². The largest absolute Gasteiger partial charge is 0.466 e. The standard InChI is InChI=1S/C39H32N2O2/c1-43-39(42)37-35(40-33-22-20-27-12-8-10-18-31(27)24-33)26-36(29-14-4-2-5-15-29)41(38(37)30-16-6-3-7-17-30)34-23-21-28-13-9-11-19-32(28)25-34/h2-25,36,38,40H,26H2,1H3. The van der Waals surface area contributed by atoms with Crippen LogP contribution in [0.15, 0.2) is 157 Å². The highest BCUT2D eigenvalue weighted by Gasteiger charge is 2.41. The number of anilines is 2. The molecule has 0 aromatic heterocycles. The Morgan fingerprint density at radius 1 is 0.651 bits per heavy atom. The van der Waals surface area contributed by atoms with Gasteiger partial charge in [-0.05, 0) is 56.9 Å². The van der Waals surface area contributed by atoms with E-state index in [0.29, 0.717) is 12.0 Å². The van der Waals surface area contributed by atoms with Gasteiger partial charge in [0.25, 0.3) is 0 Å². The number of rotatable bonds is 6. The van der Waals surface area contributed by atoms with Crippen LogP contribution in [0, 0.1) is 0 Å². The first-order valence-electron chi connectivity index (χ1n) is 14.6. The highest BCUT2D eigenvalue weighted by atomic mass is 16.5. The van der Waals surface area contributed by atoms with E-state index in [1.165, 1.54) is 23.4 Å². The fraction of sp³-hybridized carbons (Fsp3) is 0.103. The second-order valence-corrected chi connectivity index (χ2v) is 11.0.